The van der Waals surface area contributed by atoms with E-state index in [2.05, 4.69) is 20.0 Å². The Balaban J connectivity index is 1.44. The second-order valence-electron chi connectivity index (χ2n) is 6.41. The molecule has 146 valence electrons. The van der Waals surface area contributed by atoms with Gasteiger partial charge < -0.3 is 10.2 Å². The Hall–Kier alpha value is -3.62. The molecule has 0 bridgehead atoms. The minimum atomic E-state index is 0.184. The number of hydrogen-bond acceptors (Lipinski definition) is 8. The molecule has 0 fully saturated rings. The summed E-state index contributed by atoms with van der Waals surface area (Å²) < 4.78 is 1.96. The van der Waals surface area contributed by atoms with Crippen LogP contribution in [0.15, 0.2) is 70.6 Å². The molecular formula is C22H14N4O2S2. The Kier molecular flexibility index (Phi) is 4.70. The van der Waals surface area contributed by atoms with Gasteiger partial charge in [-0.25, -0.2) is 20.0 Å². The number of aliphatic imine (C=N–C) groups is 2. The number of benzene rings is 3. The first-order valence-electron chi connectivity index (χ1n) is 9.01. The average molecular weight is 431 g/mol. The van der Waals surface area contributed by atoms with Crippen LogP contribution < -0.4 is 0 Å². The molecule has 0 saturated heterocycles. The van der Waals surface area contributed by atoms with Crippen molar-refractivity contribution in [2.75, 3.05) is 0 Å². The molecule has 0 unspecified atom stereocenters. The summed E-state index contributed by atoms with van der Waals surface area (Å²) >= 11 is 2.92. The van der Waals surface area contributed by atoms with Gasteiger partial charge in [0.1, 0.15) is 11.5 Å². The van der Waals surface area contributed by atoms with Crippen molar-refractivity contribution in [3.63, 3.8) is 0 Å². The predicted octanol–water partition coefficient (Wildman–Crippen LogP) is 5.82. The number of hydrogen-bond donors (Lipinski definition) is 2. The third kappa shape index (κ3) is 3.66. The molecule has 0 aliphatic carbocycles. The van der Waals surface area contributed by atoms with E-state index in [0.717, 1.165) is 20.4 Å². The monoisotopic (exact) mass is 430 g/mol. The molecule has 3 aromatic carbocycles. The lowest BCUT2D eigenvalue weighted by Crippen LogP contribution is -1.80. The van der Waals surface area contributed by atoms with Crippen LogP contribution in [0.5, 0.6) is 11.5 Å². The van der Waals surface area contributed by atoms with E-state index in [0.29, 0.717) is 21.4 Å². The molecule has 0 atom stereocenters. The quantitative estimate of drug-likeness (QED) is 0.352. The van der Waals surface area contributed by atoms with Crippen LogP contribution in [0.3, 0.4) is 0 Å². The first kappa shape index (κ1) is 18.4. The Morgan fingerprint density at radius 1 is 0.667 bits per heavy atom. The van der Waals surface area contributed by atoms with Crippen LogP contribution in [-0.2, 0) is 0 Å². The SMILES string of the molecule is Oc1ccccc1C=Nc1nc2cc3sc(N=Cc4ccccc4O)nc3cc2s1. The van der Waals surface area contributed by atoms with Crippen LogP contribution in [0.1, 0.15) is 11.1 Å². The number of phenols is 2. The second-order valence-corrected chi connectivity index (χ2v) is 8.43. The summed E-state index contributed by atoms with van der Waals surface area (Å²) in [7, 11) is 0. The number of thiazole rings is 2. The number of nitrogens with zero attached hydrogens (tertiary/aromatic N) is 4. The fourth-order valence-corrected chi connectivity index (χ4v) is 4.53. The largest absolute Gasteiger partial charge is 0.507 e. The minimum absolute atomic E-state index is 0.184. The van der Waals surface area contributed by atoms with Crippen LogP contribution >= 0.6 is 22.7 Å². The van der Waals surface area contributed by atoms with Gasteiger partial charge in [0.05, 0.1) is 20.4 Å². The molecule has 2 N–H and O–H groups in total. The van der Waals surface area contributed by atoms with Gasteiger partial charge in [-0.15, -0.1) is 0 Å². The van der Waals surface area contributed by atoms with E-state index < -0.39 is 0 Å². The highest BCUT2D eigenvalue weighted by Gasteiger charge is 2.09. The maximum Gasteiger partial charge on any atom is 0.210 e. The van der Waals surface area contributed by atoms with Gasteiger partial charge in [0.2, 0.25) is 10.3 Å². The Morgan fingerprint density at radius 3 is 1.53 bits per heavy atom. The average Bonchev–Trinajstić information content (AvgIpc) is 3.33. The van der Waals surface area contributed by atoms with Crippen molar-refractivity contribution < 1.29 is 10.2 Å². The second kappa shape index (κ2) is 7.66. The summed E-state index contributed by atoms with van der Waals surface area (Å²) in [5.41, 5.74) is 2.98. The van der Waals surface area contributed by atoms with Gasteiger partial charge in [0, 0.05) is 23.6 Å². The lowest BCUT2D eigenvalue weighted by Gasteiger charge is -1.95. The van der Waals surface area contributed by atoms with Gasteiger partial charge in [-0.1, -0.05) is 46.9 Å². The van der Waals surface area contributed by atoms with Crippen molar-refractivity contribution in [1.29, 1.82) is 0 Å². The number of fused-ring (bicyclic) bond motifs is 2. The molecule has 0 radical (unpaired) electrons. The molecule has 0 amide bonds. The molecule has 5 rings (SSSR count). The standard InChI is InChI=1S/C22H14N4O2S2/c27-17-7-3-1-5-13(17)11-23-21-25-15-9-20-16(10-19(15)29-21)26-22(30-20)24-12-14-6-2-4-8-18(14)28/h1-12,27-28H. The normalized spacial score (nSPS) is 12.0. The summed E-state index contributed by atoms with van der Waals surface area (Å²) in [6, 6.07) is 18.0. The smallest absolute Gasteiger partial charge is 0.210 e. The Bertz CT molecular complexity index is 1280. The molecule has 6 nitrogen and oxygen atoms in total. The summed E-state index contributed by atoms with van der Waals surface area (Å²) in [4.78, 5) is 17.9. The van der Waals surface area contributed by atoms with Crippen LogP contribution in [0.2, 0.25) is 0 Å². The predicted molar refractivity (Wildman–Crippen MR) is 124 cm³/mol. The zero-order chi connectivity index (χ0) is 20.5. The van der Waals surface area contributed by atoms with Crippen molar-refractivity contribution in [2.24, 2.45) is 9.98 Å². The molecule has 2 heterocycles. The van der Waals surface area contributed by atoms with Crippen molar-refractivity contribution in [3.8, 4) is 11.5 Å². The first-order valence-corrected chi connectivity index (χ1v) is 10.6. The Labute approximate surface area is 179 Å². The van der Waals surface area contributed by atoms with Gasteiger partial charge in [0.15, 0.2) is 0 Å². The third-order valence-electron chi connectivity index (χ3n) is 4.38. The van der Waals surface area contributed by atoms with Gasteiger partial charge in [-0.05, 0) is 36.4 Å². The molecule has 0 spiro atoms. The van der Waals surface area contributed by atoms with Gasteiger partial charge >= 0.3 is 0 Å². The fourth-order valence-electron chi connectivity index (χ4n) is 2.88. The number of rotatable bonds is 4. The summed E-state index contributed by atoms with van der Waals surface area (Å²) in [6.07, 6.45) is 3.22. The van der Waals surface area contributed by atoms with E-state index >= 15 is 0 Å². The lowest BCUT2D eigenvalue weighted by atomic mass is 10.2. The van der Waals surface area contributed by atoms with Crippen LogP contribution in [0.25, 0.3) is 20.4 Å². The summed E-state index contributed by atoms with van der Waals surface area (Å²) in [5.74, 6) is 0.368. The lowest BCUT2D eigenvalue weighted by molar-refractivity contribution is 0.474. The van der Waals surface area contributed by atoms with Crippen molar-refractivity contribution in [2.45, 2.75) is 0 Å². The molecule has 0 aliphatic heterocycles. The fraction of sp³-hybridized carbons (Fsp3) is 0. The number of aromatic nitrogens is 2. The summed E-state index contributed by atoms with van der Waals surface area (Å²) in [6.45, 7) is 0. The van der Waals surface area contributed by atoms with E-state index in [1.165, 1.54) is 22.7 Å². The topological polar surface area (TPSA) is 91.0 Å². The van der Waals surface area contributed by atoms with Crippen LogP contribution in [-0.4, -0.2) is 32.6 Å². The maximum absolute atomic E-state index is 9.85. The van der Waals surface area contributed by atoms with E-state index in [1.807, 2.05) is 24.3 Å². The maximum atomic E-state index is 9.85. The Morgan fingerprint density at radius 2 is 1.10 bits per heavy atom. The number of para-hydroxylation sites is 2. The number of aromatic hydroxyl groups is 2. The van der Waals surface area contributed by atoms with Crippen molar-refractivity contribution in [3.05, 3.63) is 71.8 Å². The molecule has 5 aromatic rings. The highest BCUT2D eigenvalue weighted by Crippen LogP contribution is 2.35. The zero-order valence-electron chi connectivity index (χ0n) is 15.4. The van der Waals surface area contributed by atoms with E-state index in [4.69, 9.17) is 0 Å². The van der Waals surface area contributed by atoms with Crippen LogP contribution in [0, 0.1) is 0 Å². The van der Waals surface area contributed by atoms with Gasteiger partial charge in [0.25, 0.3) is 0 Å². The molecule has 0 saturated carbocycles. The van der Waals surface area contributed by atoms with E-state index in [1.54, 1.807) is 48.8 Å². The molecular weight excluding hydrogens is 416 g/mol. The molecule has 30 heavy (non-hydrogen) atoms. The molecule has 8 heteroatoms. The first-order chi connectivity index (χ1) is 14.7. The number of phenolic OH excluding ortho intramolecular Hbond substituents is 2. The third-order valence-corrected chi connectivity index (χ3v) is 6.23. The van der Waals surface area contributed by atoms with Crippen molar-refractivity contribution in [1.82, 2.24) is 9.97 Å². The van der Waals surface area contributed by atoms with E-state index in [-0.39, 0.29) is 11.5 Å². The van der Waals surface area contributed by atoms with Crippen LogP contribution in [0.4, 0.5) is 10.3 Å². The molecule has 0 aliphatic rings. The zero-order valence-corrected chi connectivity index (χ0v) is 17.1. The van der Waals surface area contributed by atoms with Gasteiger partial charge in [-0.3, -0.25) is 0 Å². The minimum Gasteiger partial charge on any atom is -0.507 e. The summed E-state index contributed by atoms with van der Waals surface area (Å²) in [5, 5.41) is 20.9. The highest BCUT2D eigenvalue weighted by atomic mass is 32.1. The van der Waals surface area contributed by atoms with Crippen molar-refractivity contribution >= 4 is 65.8 Å². The molecule has 2 aromatic heterocycles. The van der Waals surface area contributed by atoms with Gasteiger partial charge in [-0.2, -0.15) is 0 Å². The van der Waals surface area contributed by atoms with E-state index in [9.17, 15) is 10.2 Å². The highest BCUT2D eigenvalue weighted by molar-refractivity contribution is 7.23.